The summed E-state index contributed by atoms with van der Waals surface area (Å²) in [6.45, 7) is 3.14. The molecule has 0 heterocycles. The van der Waals surface area contributed by atoms with E-state index in [1.54, 1.807) is 0 Å². The van der Waals surface area contributed by atoms with Gasteiger partial charge < -0.3 is 10.6 Å². The van der Waals surface area contributed by atoms with Crippen molar-refractivity contribution in [2.45, 2.75) is 13.3 Å². The van der Waals surface area contributed by atoms with Crippen LogP contribution >= 0.6 is 15.9 Å². The maximum atomic E-state index is 11.5. The summed E-state index contributed by atoms with van der Waals surface area (Å²) in [5.41, 5.74) is 0.813. The Morgan fingerprint density at radius 1 is 1.35 bits per heavy atom. The van der Waals surface area contributed by atoms with E-state index < -0.39 is 0 Å². The van der Waals surface area contributed by atoms with Gasteiger partial charge in [-0.2, -0.15) is 0 Å². The van der Waals surface area contributed by atoms with E-state index in [0.29, 0.717) is 6.54 Å². The molecule has 0 saturated carbocycles. The van der Waals surface area contributed by atoms with Gasteiger partial charge in [0, 0.05) is 10.2 Å². The van der Waals surface area contributed by atoms with E-state index in [0.717, 1.165) is 23.1 Å². The number of carbonyl (C=O) groups is 1. The van der Waals surface area contributed by atoms with Crippen molar-refractivity contribution < 1.29 is 4.79 Å². The predicted molar refractivity (Wildman–Crippen MR) is 75.1 cm³/mol. The number of nitrogens with one attached hydrogen (secondary N) is 2. The van der Waals surface area contributed by atoms with Crippen LogP contribution in [0.1, 0.15) is 13.3 Å². The molecule has 4 heteroatoms. The summed E-state index contributed by atoms with van der Waals surface area (Å²) < 4.78 is 1.000. The molecule has 0 aliphatic rings. The van der Waals surface area contributed by atoms with Crippen molar-refractivity contribution in [2.75, 3.05) is 18.4 Å². The zero-order valence-corrected chi connectivity index (χ0v) is 11.5. The van der Waals surface area contributed by atoms with E-state index >= 15 is 0 Å². The first-order valence-corrected chi connectivity index (χ1v) is 6.39. The number of halogens is 1. The van der Waals surface area contributed by atoms with Crippen molar-refractivity contribution in [1.29, 1.82) is 0 Å². The Bertz CT molecular complexity index is 374. The molecule has 0 aliphatic heterocycles. The predicted octanol–water partition coefficient (Wildman–Crippen LogP) is 2.94. The van der Waals surface area contributed by atoms with Crippen LogP contribution in [0.15, 0.2) is 40.9 Å². The van der Waals surface area contributed by atoms with Crippen LogP contribution in [0.2, 0.25) is 0 Å². The number of rotatable bonds is 6. The Morgan fingerprint density at radius 2 is 2.06 bits per heavy atom. The molecule has 0 aliphatic carbocycles. The molecule has 0 unspecified atom stereocenters. The average Bonchev–Trinajstić information content (AvgIpc) is 2.32. The molecule has 0 spiro atoms. The Balaban J connectivity index is 2.23. The maximum absolute atomic E-state index is 11.5. The van der Waals surface area contributed by atoms with Crippen LogP contribution in [-0.2, 0) is 4.79 Å². The van der Waals surface area contributed by atoms with Crippen molar-refractivity contribution in [3.05, 3.63) is 40.9 Å². The number of benzene rings is 1. The first-order chi connectivity index (χ1) is 8.22. The van der Waals surface area contributed by atoms with Crippen LogP contribution in [-0.4, -0.2) is 19.0 Å². The Kier molecular flexibility index (Phi) is 6.58. The Morgan fingerprint density at radius 3 is 2.71 bits per heavy atom. The fourth-order valence-corrected chi connectivity index (χ4v) is 1.56. The summed E-state index contributed by atoms with van der Waals surface area (Å²) in [5.74, 6) is -0.0206. The largest absolute Gasteiger partial charge is 0.325 e. The second-order valence-electron chi connectivity index (χ2n) is 3.59. The van der Waals surface area contributed by atoms with Gasteiger partial charge in [0.25, 0.3) is 0 Å². The van der Waals surface area contributed by atoms with Crippen LogP contribution in [0.3, 0.4) is 0 Å². The Labute approximate surface area is 110 Å². The van der Waals surface area contributed by atoms with Crippen molar-refractivity contribution in [3.8, 4) is 0 Å². The smallest absolute Gasteiger partial charge is 0.238 e. The molecule has 0 fully saturated rings. The number of carbonyl (C=O) groups excluding carboxylic acids is 1. The highest BCUT2D eigenvalue weighted by molar-refractivity contribution is 9.10. The quantitative estimate of drug-likeness (QED) is 0.626. The number of amides is 1. The van der Waals surface area contributed by atoms with Gasteiger partial charge in [-0.15, -0.1) is 0 Å². The normalized spacial score (nSPS) is 10.7. The third kappa shape index (κ3) is 6.24. The van der Waals surface area contributed by atoms with Crippen LogP contribution in [0, 0.1) is 0 Å². The monoisotopic (exact) mass is 296 g/mol. The zero-order valence-electron chi connectivity index (χ0n) is 9.87. The molecule has 17 heavy (non-hydrogen) atoms. The molecule has 92 valence electrons. The van der Waals surface area contributed by atoms with Crippen LogP contribution in [0.4, 0.5) is 5.69 Å². The molecule has 1 aromatic carbocycles. The minimum atomic E-state index is -0.0206. The van der Waals surface area contributed by atoms with Gasteiger partial charge in [-0.1, -0.05) is 28.1 Å². The molecular formula is C13H17BrN2O. The molecule has 2 N–H and O–H groups in total. The number of allylic oxidation sites excluding steroid dienone is 1. The number of hydrogen-bond acceptors (Lipinski definition) is 2. The fraction of sp³-hybridized carbons (Fsp3) is 0.308. The lowest BCUT2D eigenvalue weighted by Gasteiger charge is -2.06. The summed E-state index contributed by atoms with van der Waals surface area (Å²) in [5, 5.41) is 5.90. The van der Waals surface area contributed by atoms with Gasteiger partial charge in [0.05, 0.1) is 6.54 Å². The van der Waals surface area contributed by atoms with Gasteiger partial charge >= 0.3 is 0 Å². The SMILES string of the molecule is C/C=C/CCNCC(=O)Nc1ccc(Br)cc1. The summed E-state index contributed by atoms with van der Waals surface area (Å²) in [6.07, 6.45) is 5.02. The molecule has 0 radical (unpaired) electrons. The number of anilines is 1. The Hall–Kier alpha value is -1.13. The topological polar surface area (TPSA) is 41.1 Å². The molecule has 1 aromatic rings. The molecule has 1 rings (SSSR count). The molecule has 0 bridgehead atoms. The van der Waals surface area contributed by atoms with Crippen molar-refractivity contribution in [1.82, 2.24) is 5.32 Å². The molecule has 0 atom stereocenters. The first-order valence-electron chi connectivity index (χ1n) is 5.59. The minimum Gasteiger partial charge on any atom is -0.325 e. The second kappa shape index (κ2) is 8.03. The zero-order chi connectivity index (χ0) is 12.5. The highest BCUT2D eigenvalue weighted by atomic mass is 79.9. The highest BCUT2D eigenvalue weighted by Gasteiger charge is 2.00. The van der Waals surface area contributed by atoms with E-state index in [-0.39, 0.29) is 5.91 Å². The van der Waals surface area contributed by atoms with Crippen LogP contribution < -0.4 is 10.6 Å². The standard InChI is InChI=1S/C13H17BrN2O/c1-2-3-4-9-15-10-13(17)16-12-7-5-11(14)6-8-12/h2-3,5-8,15H,4,9-10H2,1H3,(H,16,17)/b3-2+. The van der Waals surface area contributed by atoms with Crippen molar-refractivity contribution in [2.24, 2.45) is 0 Å². The summed E-state index contributed by atoms with van der Waals surface area (Å²) >= 11 is 3.35. The van der Waals surface area contributed by atoms with E-state index in [1.165, 1.54) is 0 Å². The van der Waals surface area contributed by atoms with Crippen LogP contribution in [0.25, 0.3) is 0 Å². The molecule has 1 amide bonds. The summed E-state index contributed by atoms with van der Waals surface area (Å²) in [7, 11) is 0. The maximum Gasteiger partial charge on any atom is 0.238 e. The van der Waals surface area contributed by atoms with Gasteiger partial charge in [-0.3, -0.25) is 4.79 Å². The van der Waals surface area contributed by atoms with Gasteiger partial charge in [-0.05, 0) is 44.2 Å². The van der Waals surface area contributed by atoms with Crippen molar-refractivity contribution in [3.63, 3.8) is 0 Å². The van der Waals surface area contributed by atoms with E-state index in [4.69, 9.17) is 0 Å². The van der Waals surface area contributed by atoms with E-state index in [1.807, 2.05) is 37.3 Å². The number of hydrogen-bond donors (Lipinski definition) is 2. The lowest BCUT2D eigenvalue weighted by Crippen LogP contribution is -2.28. The van der Waals surface area contributed by atoms with Crippen LogP contribution in [0.5, 0.6) is 0 Å². The first kappa shape index (κ1) is 13.9. The van der Waals surface area contributed by atoms with Gasteiger partial charge in [-0.25, -0.2) is 0 Å². The fourth-order valence-electron chi connectivity index (χ4n) is 1.29. The lowest BCUT2D eigenvalue weighted by molar-refractivity contribution is -0.115. The highest BCUT2D eigenvalue weighted by Crippen LogP contribution is 2.13. The van der Waals surface area contributed by atoms with Gasteiger partial charge in [0.2, 0.25) is 5.91 Å². The average molecular weight is 297 g/mol. The summed E-state index contributed by atoms with van der Waals surface area (Å²) in [4.78, 5) is 11.5. The van der Waals surface area contributed by atoms with Crippen molar-refractivity contribution >= 4 is 27.5 Å². The van der Waals surface area contributed by atoms with Gasteiger partial charge in [0.1, 0.15) is 0 Å². The summed E-state index contributed by atoms with van der Waals surface area (Å²) in [6, 6.07) is 7.52. The third-order valence-corrected chi connectivity index (χ3v) is 2.67. The third-order valence-electron chi connectivity index (χ3n) is 2.14. The minimum absolute atomic E-state index is 0.0206. The second-order valence-corrected chi connectivity index (χ2v) is 4.51. The van der Waals surface area contributed by atoms with E-state index in [9.17, 15) is 4.79 Å². The molecule has 0 aromatic heterocycles. The molecule has 0 saturated heterocycles. The van der Waals surface area contributed by atoms with Gasteiger partial charge in [0.15, 0.2) is 0 Å². The lowest BCUT2D eigenvalue weighted by atomic mass is 10.3. The molecule has 3 nitrogen and oxygen atoms in total. The van der Waals surface area contributed by atoms with E-state index in [2.05, 4.69) is 32.6 Å². The molecular weight excluding hydrogens is 280 g/mol.